The molecule has 1 unspecified atom stereocenters. The molecule has 0 aromatic carbocycles. The Morgan fingerprint density at radius 1 is 1.39 bits per heavy atom. The maximum Gasteiger partial charge on any atom is 0.133 e. The lowest BCUT2D eigenvalue weighted by Gasteiger charge is -2.26. The molecule has 2 fully saturated rings. The van der Waals surface area contributed by atoms with Gasteiger partial charge in [-0.3, -0.25) is 0 Å². The minimum Gasteiger partial charge on any atom is -0.352 e. The van der Waals surface area contributed by atoms with E-state index in [1.165, 1.54) is 25.7 Å². The van der Waals surface area contributed by atoms with E-state index in [-0.39, 0.29) is 0 Å². The van der Waals surface area contributed by atoms with Gasteiger partial charge in [-0.05, 0) is 31.9 Å². The summed E-state index contributed by atoms with van der Waals surface area (Å²) in [6.07, 6.45) is 9.01. The van der Waals surface area contributed by atoms with E-state index in [4.69, 9.17) is 0 Å². The third-order valence-corrected chi connectivity index (χ3v) is 4.37. The highest BCUT2D eigenvalue weighted by Gasteiger charge is 2.28. The van der Waals surface area contributed by atoms with Gasteiger partial charge in [0, 0.05) is 31.2 Å². The molecule has 5 heteroatoms. The SMILES string of the molecule is CSc1cc(N2CCCC2CNC2CC2)ncn1. The number of rotatable bonds is 5. The Labute approximate surface area is 113 Å². The molecule has 2 heterocycles. The van der Waals surface area contributed by atoms with Gasteiger partial charge in [0.1, 0.15) is 17.2 Å². The zero-order valence-electron chi connectivity index (χ0n) is 10.8. The highest BCUT2D eigenvalue weighted by molar-refractivity contribution is 7.98. The van der Waals surface area contributed by atoms with Crippen molar-refractivity contribution in [1.82, 2.24) is 15.3 Å². The van der Waals surface area contributed by atoms with Gasteiger partial charge >= 0.3 is 0 Å². The Kier molecular flexibility index (Phi) is 3.70. The van der Waals surface area contributed by atoms with E-state index in [0.29, 0.717) is 6.04 Å². The maximum absolute atomic E-state index is 4.44. The van der Waals surface area contributed by atoms with Gasteiger partial charge in [-0.1, -0.05) is 0 Å². The topological polar surface area (TPSA) is 41.0 Å². The molecule has 18 heavy (non-hydrogen) atoms. The van der Waals surface area contributed by atoms with Crippen LogP contribution >= 0.6 is 11.8 Å². The minimum atomic E-state index is 0.607. The molecule has 3 rings (SSSR count). The number of nitrogens with one attached hydrogen (secondary N) is 1. The second-order valence-corrected chi connectivity index (χ2v) is 5.92. The lowest BCUT2D eigenvalue weighted by molar-refractivity contribution is 0.568. The average Bonchev–Trinajstić information content (AvgIpc) is 3.13. The van der Waals surface area contributed by atoms with Gasteiger partial charge in [0.15, 0.2) is 0 Å². The molecule has 1 aliphatic carbocycles. The Balaban J connectivity index is 1.67. The van der Waals surface area contributed by atoms with Crippen LogP contribution in [0.3, 0.4) is 0 Å². The Morgan fingerprint density at radius 3 is 3.06 bits per heavy atom. The van der Waals surface area contributed by atoms with Crippen molar-refractivity contribution in [3.63, 3.8) is 0 Å². The van der Waals surface area contributed by atoms with Crippen LogP contribution in [0.5, 0.6) is 0 Å². The van der Waals surface area contributed by atoms with E-state index >= 15 is 0 Å². The Bertz CT molecular complexity index is 408. The predicted octanol–water partition coefficient (Wildman–Crippen LogP) is 1.92. The first-order valence-electron chi connectivity index (χ1n) is 6.73. The molecule has 1 aliphatic heterocycles. The smallest absolute Gasteiger partial charge is 0.133 e. The number of hydrogen-bond acceptors (Lipinski definition) is 5. The molecule has 1 saturated carbocycles. The second kappa shape index (κ2) is 5.45. The standard InChI is InChI=1S/C13H20N4S/c1-18-13-7-12(15-9-16-13)17-6-2-3-11(17)8-14-10-4-5-10/h7,9-11,14H,2-6,8H2,1H3. The van der Waals surface area contributed by atoms with Crippen molar-refractivity contribution >= 4 is 17.6 Å². The number of aromatic nitrogens is 2. The van der Waals surface area contributed by atoms with E-state index in [1.807, 2.05) is 0 Å². The average molecular weight is 264 g/mol. The first kappa shape index (κ1) is 12.2. The lowest BCUT2D eigenvalue weighted by Crippen LogP contribution is -2.39. The summed E-state index contributed by atoms with van der Waals surface area (Å²) in [6, 6.07) is 3.51. The van der Waals surface area contributed by atoms with Gasteiger partial charge in [0.05, 0.1) is 0 Å². The summed E-state index contributed by atoms with van der Waals surface area (Å²) in [4.78, 5) is 11.1. The summed E-state index contributed by atoms with van der Waals surface area (Å²) >= 11 is 1.68. The van der Waals surface area contributed by atoms with Gasteiger partial charge in [-0.15, -0.1) is 11.8 Å². The molecule has 1 aromatic rings. The summed E-state index contributed by atoms with van der Waals surface area (Å²) in [5.41, 5.74) is 0. The van der Waals surface area contributed by atoms with Gasteiger partial charge in [-0.25, -0.2) is 9.97 Å². The highest BCUT2D eigenvalue weighted by Crippen LogP contribution is 2.26. The van der Waals surface area contributed by atoms with Crippen LogP contribution < -0.4 is 10.2 Å². The van der Waals surface area contributed by atoms with Crippen molar-refractivity contribution in [2.75, 3.05) is 24.2 Å². The largest absolute Gasteiger partial charge is 0.352 e. The molecule has 0 spiro atoms. The van der Waals surface area contributed by atoms with Crippen LogP contribution in [0.15, 0.2) is 17.4 Å². The van der Waals surface area contributed by atoms with Crippen molar-refractivity contribution in [3.05, 3.63) is 12.4 Å². The fourth-order valence-electron chi connectivity index (χ4n) is 2.54. The molecule has 0 amide bonds. The van der Waals surface area contributed by atoms with Crippen molar-refractivity contribution in [1.29, 1.82) is 0 Å². The van der Waals surface area contributed by atoms with E-state index in [1.54, 1.807) is 18.1 Å². The molecule has 4 nitrogen and oxygen atoms in total. The zero-order valence-corrected chi connectivity index (χ0v) is 11.6. The van der Waals surface area contributed by atoms with Crippen LogP contribution in [0.25, 0.3) is 0 Å². The van der Waals surface area contributed by atoms with Crippen LogP contribution in [-0.4, -0.2) is 41.4 Å². The first-order chi connectivity index (χ1) is 8.86. The predicted molar refractivity (Wildman–Crippen MR) is 75.2 cm³/mol. The summed E-state index contributed by atoms with van der Waals surface area (Å²) in [5, 5.41) is 4.69. The fraction of sp³-hybridized carbons (Fsp3) is 0.692. The number of hydrogen-bond donors (Lipinski definition) is 1. The quantitative estimate of drug-likeness (QED) is 0.650. The maximum atomic E-state index is 4.44. The molecular weight excluding hydrogens is 244 g/mol. The molecule has 2 aliphatic rings. The summed E-state index contributed by atoms with van der Waals surface area (Å²) < 4.78 is 0. The number of anilines is 1. The van der Waals surface area contributed by atoms with Crippen LogP contribution in [0.1, 0.15) is 25.7 Å². The van der Waals surface area contributed by atoms with E-state index in [2.05, 4.69) is 32.5 Å². The Morgan fingerprint density at radius 2 is 2.28 bits per heavy atom. The van der Waals surface area contributed by atoms with Gasteiger partial charge in [-0.2, -0.15) is 0 Å². The van der Waals surface area contributed by atoms with Gasteiger partial charge < -0.3 is 10.2 Å². The van der Waals surface area contributed by atoms with Crippen LogP contribution in [0.2, 0.25) is 0 Å². The summed E-state index contributed by atoms with van der Waals surface area (Å²) in [7, 11) is 0. The lowest BCUT2D eigenvalue weighted by atomic mass is 10.2. The zero-order chi connectivity index (χ0) is 12.4. The van der Waals surface area contributed by atoms with E-state index < -0.39 is 0 Å². The third kappa shape index (κ3) is 2.78. The summed E-state index contributed by atoms with van der Waals surface area (Å²) in [5.74, 6) is 1.09. The fourth-order valence-corrected chi connectivity index (χ4v) is 2.91. The molecular formula is C13H20N4S. The highest BCUT2D eigenvalue weighted by atomic mass is 32.2. The van der Waals surface area contributed by atoms with E-state index in [9.17, 15) is 0 Å². The molecule has 1 aromatic heterocycles. The molecule has 98 valence electrons. The van der Waals surface area contributed by atoms with E-state index in [0.717, 1.165) is 30.0 Å². The molecule has 1 atom stereocenters. The first-order valence-corrected chi connectivity index (χ1v) is 7.95. The summed E-state index contributed by atoms with van der Waals surface area (Å²) in [6.45, 7) is 2.23. The van der Waals surface area contributed by atoms with Crippen molar-refractivity contribution < 1.29 is 0 Å². The van der Waals surface area contributed by atoms with Crippen LogP contribution in [0, 0.1) is 0 Å². The van der Waals surface area contributed by atoms with Crippen molar-refractivity contribution in [2.45, 2.75) is 42.8 Å². The second-order valence-electron chi connectivity index (χ2n) is 5.09. The van der Waals surface area contributed by atoms with Crippen molar-refractivity contribution in [2.24, 2.45) is 0 Å². The third-order valence-electron chi connectivity index (χ3n) is 3.73. The molecule has 0 bridgehead atoms. The molecule has 0 radical (unpaired) electrons. The van der Waals surface area contributed by atoms with Crippen LogP contribution in [-0.2, 0) is 0 Å². The number of nitrogens with zero attached hydrogens (tertiary/aromatic N) is 3. The van der Waals surface area contributed by atoms with Gasteiger partial charge in [0.25, 0.3) is 0 Å². The van der Waals surface area contributed by atoms with Crippen molar-refractivity contribution in [3.8, 4) is 0 Å². The normalized spacial score (nSPS) is 23.6. The monoisotopic (exact) mass is 264 g/mol. The minimum absolute atomic E-state index is 0.607. The number of thioether (sulfide) groups is 1. The van der Waals surface area contributed by atoms with Gasteiger partial charge in [0.2, 0.25) is 0 Å². The molecule has 1 N–H and O–H groups in total. The molecule has 1 saturated heterocycles. The Hall–Kier alpha value is -0.810. The van der Waals surface area contributed by atoms with Crippen LogP contribution in [0.4, 0.5) is 5.82 Å².